The molecule has 1 aliphatic heterocycles. The first-order valence-electron chi connectivity index (χ1n) is 9.58. The number of ether oxygens (including phenoxy) is 1. The lowest BCUT2D eigenvalue weighted by atomic mass is 9.93. The Morgan fingerprint density at radius 3 is 2.50 bits per heavy atom. The third-order valence-corrected chi connectivity index (χ3v) is 5.22. The van der Waals surface area contributed by atoms with Gasteiger partial charge in [0.25, 0.3) is 11.7 Å². The normalized spacial score (nSPS) is 18.3. The summed E-state index contributed by atoms with van der Waals surface area (Å²) in [6.07, 6.45) is 0. The Labute approximate surface area is 175 Å². The van der Waals surface area contributed by atoms with Gasteiger partial charge in [0.05, 0.1) is 18.7 Å². The highest BCUT2D eigenvalue weighted by molar-refractivity contribution is 6.46. The van der Waals surface area contributed by atoms with Gasteiger partial charge in [0.2, 0.25) is 0 Å². The van der Waals surface area contributed by atoms with Crippen molar-refractivity contribution in [1.29, 1.82) is 0 Å². The van der Waals surface area contributed by atoms with Crippen LogP contribution in [0.4, 0.5) is 4.39 Å². The summed E-state index contributed by atoms with van der Waals surface area (Å²) in [5.74, 6) is -1.85. The van der Waals surface area contributed by atoms with Crippen molar-refractivity contribution >= 4 is 17.4 Å². The van der Waals surface area contributed by atoms with Crippen LogP contribution in [0.5, 0.6) is 5.75 Å². The van der Waals surface area contributed by atoms with Crippen LogP contribution in [0.2, 0.25) is 0 Å². The van der Waals surface area contributed by atoms with Crippen LogP contribution in [-0.4, -0.2) is 60.9 Å². The van der Waals surface area contributed by atoms with E-state index in [2.05, 4.69) is 0 Å². The number of Topliss-reactive ketones (excluding diaryl/α,β-unsaturated/α-hetero) is 1. The maximum absolute atomic E-state index is 14.7. The van der Waals surface area contributed by atoms with E-state index in [-0.39, 0.29) is 23.4 Å². The van der Waals surface area contributed by atoms with Crippen LogP contribution < -0.4 is 4.74 Å². The van der Waals surface area contributed by atoms with Gasteiger partial charge in [0, 0.05) is 24.2 Å². The molecule has 158 valence electrons. The number of rotatable bonds is 6. The zero-order chi connectivity index (χ0) is 22.0. The molecule has 1 atom stereocenters. The van der Waals surface area contributed by atoms with E-state index >= 15 is 0 Å². The minimum absolute atomic E-state index is 0.114. The van der Waals surface area contributed by atoms with Gasteiger partial charge in [-0.1, -0.05) is 18.2 Å². The van der Waals surface area contributed by atoms with Gasteiger partial charge in [0.15, 0.2) is 0 Å². The number of likely N-dealkylation sites (N-methyl/N-ethyl adjacent to an activating group) is 1. The summed E-state index contributed by atoms with van der Waals surface area (Å²) in [5, 5.41) is 11.1. The van der Waals surface area contributed by atoms with Crippen molar-refractivity contribution in [2.45, 2.75) is 13.0 Å². The van der Waals surface area contributed by atoms with Crippen molar-refractivity contribution in [3.63, 3.8) is 0 Å². The van der Waals surface area contributed by atoms with Gasteiger partial charge >= 0.3 is 0 Å². The molecule has 1 fully saturated rings. The minimum atomic E-state index is -1.01. The maximum atomic E-state index is 14.7. The van der Waals surface area contributed by atoms with Crippen LogP contribution in [-0.2, 0) is 9.59 Å². The third kappa shape index (κ3) is 3.93. The van der Waals surface area contributed by atoms with Crippen LogP contribution in [0.1, 0.15) is 22.7 Å². The fraction of sp³-hybridized carbons (Fsp3) is 0.304. The molecule has 0 radical (unpaired) electrons. The van der Waals surface area contributed by atoms with E-state index in [0.29, 0.717) is 23.4 Å². The Kier molecular flexibility index (Phi) is 6.22. The van der Waals surface area contributed by atoms with E-state index in [0.717, 1.165) is 0 Å². The largest absolute Gasteiger partial charge is 0.507 e. The number of aliphatic hydroxyl groups excluding tert-OH is 1. The molecular formula is C23H25FN2O4. The number of carbonyl (C=O) groups excluding carboxylic acids is 2. The molecule has 6 nitrogen and oxygen atoms in total. The summed E-state index contributed by atoms with van der Waals surface area (Å²) >= 11 is 0. The second-order valence-electron chi connectivity index (χ2n) is 7.50. The highest BCUT2D eigenvalue weighted by atomic mass is 19.1. The van der Waals surface area contributed by atoms with Gasteiger partial charge < -0.3 is 19.6 Å². The molecule has 1 saturated heterocycles. The number of nitrogens with zero attached hydrogens (tertiary/aromatic N) is 2. The summed E-state index contributed by atoms with van der Waals surface area (Å²) in [6, 6.07) is 9.98. The number of likely N-dealkylation sites (tertiary alicyclic amines) is 1. The van der Waals surface area contributed by atoms with Crippen LogP contribution in [0.15, 0.2) is 48.0 Å². The summed E-state index contributed by atoms with van der Waals surface area (Å²) in [5.41, 5.74) is 1.11. The van der Waals surface area contributed by atoms with Crippen molar-refractivity contribution in [2.75, 3.05) is 34.3 Å². The van der Waals surface area contributed by atoms with Crippen molar-refractivity contribution in [2.24, 2.45) is 0 Å². The standard InChI is InChI=1S/C23H25FN2O4/c1-14-13-15(30-4)9-10-16(14)21(27)19-20(17-7-5-6-8-18(17)24)26(12-11-25(2)3)23(29)22(19)28/h5-10,13,20,27H,11-12H2,1-4H3/b21-19+. The number of amides is 1. The number of methoxy groups -OCH3 is 1. The van der Waals surface area contributed by atoms with Gasteiger partial charge in [-0.3, -0.25) is 9.59 Å². The number of aryl methyl sites for hydroxylation is 1. The topological polar surface area (TPSA) is 70.1 Å². The third-order valence-electron chi connectivity index (χ3n) is 5.22. The number of halogens is 1. The predicted octanol–water partition coefficient (Wildman–Crippen LogP) is 3.13. The molecule has 1 N–H and O–H groups in total. The smallest absolute Gasteiger partial charge is 0.295 e. The van der Waals surface area contributed by atoms with Crippen molar-refractivity contribution in [1.82, 2.24) is 9.80 Å². The van der Waals surface area contributed by atoms with Gasteiger partial charge in [-0.05, 0) is 50.8 Å². The Balaban J connectivity index is 2.19. The average Bonchev–Trinajstić information content (AvgIpc) is 2.96. The summed E-state index contributed by atoms with van der Waals surface area (Å²) in [7, 11) is 5.22. The quantitative estimate of drug-likeness (QED) is 0.449. The SMILES string of the molecule is COc1ccc(/C(O)=C2\C(=O)C(=O)N(CCN(C)C)C2c2ccccc2F)c(C)c1. The number of hydrogen-bond donors (Lipinski definition) is 1. The number of hydrogen-bond acceptors (Lipinski definition) is 5. The number of carbonyl (C=O) groups is 2. The van der Waals surface area contributed by atoms with Crippen molar-refractivity contribution in [3.05, 3.63) is 70.5 Å². The molecular weight excluding hydrogens is 387 g/mol. The van der Waals surface area contributed by atoms with Crippen LogP contribution >= 0.6 is 0 Å². The first kappa shape index (κ1) is 21.5. The Hall–Kier alpha value is -3.19. The lowest BCUT2D eigenvalue weighted by Crippen LogP contribution is -2.35. The molecule has 3 rings (SSSR count). The lowest BCUT2D eigenvalue weighted by molar-refractivity contribution is -0.140. The van der Waals surface area contributed by atoms with E-state index in [1.165, 1.54) is 24.1 Å². The Bertz CT molecular complexity index is 1020. The van der Waals surface area contributed by atoms with Gasteiger partial charge in [-0.2, -0.15) is 0 Å². The van der Waals surface area contributed by atoms with Crippen LogP contribution in [0.3, 0.4) is 0 Å². The van der Waals surface area contributed by atoms with Crippen molar-refractivity contribution < 1.29 is 23.8 Å². The number of aliphatic hydroxyl groups is 1. The molecule has 0 saturated carbocycles. The highest BCUT2D eigenvalue weighted by Crippen LogP contribution is 2.40. The maximum Gasteiger partial charge on any atom is 0.295 e. The van der Waals surface area contributed by atoms with E-state index in [4.69, 9.17) is 4.74 Å². The summed E-state index contributed by atoms with van der Waals surface area (Å²) < 4.78 is 19.9. The van der Waals surface area contributed by atoms with E-state index in [9.17, 15) is 19.1 Å². The number of benzene rings is 2. The monoisotopic (exact) mass is 412 g/mol. The average molecular weight is 412 g/mol. The molecule has 1 heterocycles. The van der Waals surface area contributed by atoms with Gasteiger partial charge in [-0.15, -0.1) is 0 Å². The summed E-state index contributed by atoms with van der Waals surface area (Å²) in [6.45, 7) is 2.46. The molecule has 0 bridgehead atoms. The first-order chi connectivity index (χ1) is 14.3. The minimum Gasteiger partial charge on any atom is -0.507 e. The molecule has 0 aliphatic carbocycles. The fourth-order valence-corrected chi connectivity index (χ4v) is 3.61. The van der Waals surface area contributed by atoms with Gasteiger partial charge in [-0.25, -0.2) is 4.39 Å². The van der Waals surface area contributed by atoms with Crippen LogP contribution in [0.25, 0.3) is 5.76 Å². The first-order valence-corrected chi connectivity index (χ1v) is 9.58. The lowest BCUT2D eigenvalue weighted by Gasteiger charge is -2.27. The Morgan fingerprint density at radius 2 is 1.90 bits per heavy atom. The van der Waals surface area contributed by atoms with Crippen molar-refractivity contribution in [3.8, 4) is 5.75 Å². The van der Waals surface area contributed by atoms with Crippen LogP contribution in [0, 0.1) is 12.7 Å². The zero-order valence-corrected chi connectivity index (χ0v) is 17.5. The van der Waals surface area contributed by atoms with E-state index < -0.39 is 23.5 Å². The molecule has 1 aliphatic rings. The van der Waals surface area contributed by atoms with Gasteiger partial charge in [0.1, 0.15) is 17.3 Å². The predicted molar refractivity (Wildman–Crippen MR) is 112 cm³/mol. The highest BCUT2D eigenvalue weighted by Gasteiger charge is 2.46. The number of ketones is 1. The summed E-state index contributed by atoms with van der Waals surface area (Å²) in [4.78, 5) is 28.9. The molecule has 2 aromatic rings. The van der Waals surface area contributed by atoms with E-state index in [1.807, 2.05) is 19.0 Å². The zero-order valence-electron chi connectivity index (χ0n) is 17.5. The fourth-order valence-electron chi connectivity index (χ4n) is 3.61. The second-order valence-corrected chi connectivity index (χ2v) is 7.50. The molecule has 30 heavy (non-hydrogen) atoms. The molecule has 0 spiro atoms. The molecule has 1 unspecified atom stereocenters. The molecule has 0 aromatic heterocycles. The molecule has 7 heteroatoms. The Morgan fingerprint density at radius 1 is 1.20 bits per heavy atom. The molecule has 1 amide bonds. The second kappa shape index (κ2) is 8.67. The molecule has 2 aromatic carbocycles. The van der Waals surface area contributed by atoms with E-state index in [1.54, 1.807) is 37.3 Å².